The minimum atomic E-state index is -0.551. The van der Waals surface area contributed by atoms with Crippen LogP contribution in [0.4, 0.5) is 5.69 Å². The number of ether oxygens (including phenoxy) is 2. The number of nitrogens with one attached hydrogen (secondary N) is 1. The van der Waals surface area contributed by atoms with Crippen molar-refractivity contribution >= 4 is 17.5 Å². The van der Waals surface area contributed by atoms with E-state index in [2.05, 4.69) is 5.32 Å². The molecule has 1 heterocycles. The normalized spacial score (nSPS) is 16.0. The number of methoxy groups -OCH3 is 1. The number of rotatable bonds is 8. The molecule has 6 nitrogen and oxygen atoms in total. The van der Waals surface area contributed by atoms with Crippen LogP contribution < -0.4 is 14.8 Å². The van der Waals surface area contributed by atoms with Crippen molar-refractivity contribution < 1.29 is 19.1 Å². The molecule has 0 aromatic heterocycles. The van der Waals surface area contributed by atoms with Crippen LogP contribution in [0.2, 0.25) is 0 Å². The quantitative estimate of drug-likeness (QED) is 0.468. The molecule has 0 bridgehead atoms. The van der Waals surface area contributed by atoms with E-state index in [9.17, 15) is 9.59 Å². The Labute approximate surface area is 206 Å². The van der Waals surface area contributed by atoms with Gasteiger partial charge in [-0.15, -0.1) is 0 Å². The van der Waals surface area contributed by atoms with E-state index >= 15 is 0 Å². The molecule has 0 fully saturated rings. The number of hydrogen-bond donors (Lipinski definition) is 1. The second-order valence-corrected chi connectivity index (χ2v) is 8.74. The van der Waals surface area contributed by atoms with Gasteiger partial charge in [0.2, 0.25) is 5.91 Å². The van der Waals surface area contributed by atoms with Gasteiger partial charge in [-0.3, -0.25) is 9.59 Å². The van der Waals surface area contributed by atoms with Gasteiger partial charge in [0, 0.05) is 24.3 Å². The third kappa shape index (κ3) is 5.65. The molecule has 1 aliphatic rings. The summed E-state index contributed by atoms with van der Waals surface area (Å²) in [7, 11) is 1.63. The highest BCUT2D eigenvalue weighted by atomic mass is 16.5. The topological polar surface area (TPSA) is 67.9 Å². The summed E-state index contributed by atoms with van der Waals surface area (Å²) in [4.78, 5) is 28.1. The lowest BCUT2D eigenvalue weighted by Crippen LogP contribution is -2.38. The molecular formula is C29H32N2O4. The van der Waals surface area contributed by atoms with Crippen molar-refractivity contribution in [2.24, 2.45) is 0 Å². The first-order valence-electron chi connectivity index (χ1n) is 12.1. The number of carbonyl (C=O) groups is 2. The van der Waals surface area contributed by atoms with Crippen molar-refractivity contribution in [1.82, 2.24) is 4.90 Å². The summed E-state index contributed by atoms with van der Waals surface area (Å²) in [6.45, 7) is 4.79. The predicted molar refractivity (Wildman–Crippen MR) is 137 cm³/mol. The number of amides is 2. The van der Waals surface area contributed by atoms with E-state index in [1.54, 1.807) is 12.0 Å². The highest BCUT2D eigenvalue weighted by Crippen LogP contribution is 2.31. The highest BCUT2D eigenvalue weighted by Gasteiger charge is 2.30. The lowest BCUT2D eigenvalue weighted by atomic mass is 9.95. The molecule has 2 amide bonds. The molecular weight excluding hydrogens is 440 g/mol. The van der Waals surface area contributed by atoms with Gasteiger partial charge in [-0.2, -0.15) is 0 Å². The molecule has 3 aromatic carbocycles. The Kier molecular flexibility index (Phi) is 7.70. The van der Waals surface area contributed by atoms with E-state index in [1.807, 2.05) is 86.6 Å². The van der Waals surface area contributed by atoms with Crippen LogP contribution in [0.3, 0.4) is 0 Å². The molecule has 0 saturated heterocycles. The van der Waals surface area contributed by atoms with Crippen molar-refractivity contribution in [2.75, 3.05) is 12.4 Å². The average Bonchev–Trinajstić information content (AvgIpc) is 3.01. The summed E-state index contributed by atoms with van der Waals surface area (Å²) in [5.41, 5.74) is 3.53. The van der Waals surface area contributed by atoms with Gasteiger partial charge in [0.1, 0.15) is 11.5 Å². The SMILES string of the molecule is CC[C@@H]1Oc2ccc(NC(=O)[C@@H](CC)c3ccccc3)cc2CN(Cc2cccc(OC)c2)C1=O. The van der Waals surface area contributed by atoms with E-state index in [-0.39, 0.29) is 17.7 Å². The van der Waals surface area contributed by atoms with Crippen LogP contribution in [-0.2, 0) is 22.7 Å². The van der Waals surface area contributed by atoms with Crippen molar-refractivity contribution in [2.45, 2.75) is 51.8 Å². The maximum Gasteiger partial charge on any atom is 0.264 e. The molecule has 3 aromatic rings. The second-order valence-electron chi connectivity index (χ2n) is 8.74. The zero-order valence-corrected chi connectivity index (χ0v) is 20.5. The average molecular weight is 473 g/mol. The summed E-state index contributed by atoms with van der Waals surface area (Å²) in [6.07, 6.45) is 0.718. The molecule has 182 valence electrons. The first kappa shape index (κ1) is 24.3. The molecule has 0 radical (unpaired) electrons. The van der Waals surface area contributed by atoms with E-state index in [4.69, 9.17) is 9.47 Å². The van der Waals surface area contributed by atoms with E-state index in [1.165, 1.54) is 0 Å². The van der Waals surface area contributed by atoms with Crippen LogP contribution >= 0.6 is 0 Å². The summed E-state index contributed by atoms with van der Waals surface area (Å²) in [5, 5.41) is 3.06. The fourth-order valence-electron chi connectivity index (χ4n) is 4.46. The minimum absolute atomic E-state index is 0.0489. The van der Waals surface area contributed by atoms with Crippen LogP contribution in [0.5, 0.6) is 11.5 Å². The second kappa shape index (κ2) is 11.1. The summed E-state index contributed by atoms with van der Waals surface area (Å²) in [6, 6.07) is 23.1. The largest absolute Gasteiger partial charge is 0.497 e. The number of anilines is 1. The Morgan fingerprint density at radius 3 is 2.60 bits per heavy atom. The molecule has 35 heavy (non-hydrogen) atoms. The van der Waals surface area contributed by atoms with E-state index in [0.29, 0.717) is 37.4 Å². The summed E-state index contributed by atoms with van der Waals surface area (Å²) < 4.78 is 11.4. The fourth-order valence-corrected chi connectivity index (χ4v) is 4.46. The first-order valence-corrected chi connectivity index (χ1v) is 12.1. The number of fused-ring (bicyclic) bond motifs is 1. The number of hydrogen-bond acceptors (Lipinski definition) is 4. The van der Waals surface area contributed by atoms with Gasteiger partial charge in [-0.1, -0.05) is 56.3 Å². The Morgan fingerprint density at radius 2 is 1.89 bits per heavy atom. The van der Waals surface area contributed by atoms with Crippen molar-refractivity contribution in [1.29, 1.82) is 0 Å². The Morgan fingerprint density at radius 1 is 1.09 bits per heavy atom. The fraction of sp³-hybridized carbons (Fsp3) is 0.310. The number of nitrogens with zero attached hydrogens (tertiary/aromatic N) is 1. The Bertz CT molecular complexity index is 1180. The maximum absolute atomic E-state index is 13.3. The van der Waals surface area contributed by atoms with Crippen LogP contribution in [-0.4, -0.2) is 29.9 Å². The van der Waals surface area contributed by atoms with E-state index in [0.717, 1.165) is 22.4 Å². The van der Waals surface area contributed by atoms with Gasteiger partial charge < -0.3 is 19.7 Å². The molecule has 1 N–H and O–H groups in total. The van der Waals surface area contributed by atoms with Crippen molar-refractivity contribution in [3.05, 3.63) is 89.5 Å². The van der Waals surface area contributed by atoms with Gasteiger partial charge in [0.15, 0.2) is 6.10 Å². The first-order chi connectivity index (χ1) is 17.0. The summed E-state index contributed by atoms with van der Waals surface area (Å²) in [5.74, 6) is 1.09. The van der Waals surface area contributed by atoms with Gasteiger partial charge >= 0.3 is 0 Å². The monoisotopic (exact) mass is 472 g/mol. The number of benzene rings is 3. The Balaban J connectivity index is 1.57. The molecule has 0 unspecified atom stereocenters. The predicted octanol–water partition coefficient (Wildman–Crippen LogP) is 5.53. The molecule has 2 atom stereocenters. The zero-order chi connectivity index (χ0) is 24.8. The highest BCUT2D eigenvalue weighted by molar-refractivity contribution is 5.96. The number of carbonyl (C=O) groups excluding carboxylic acids is 2. The maximum atomic E-state index is 13.3. The molecule has 4 rings (SSSR count). The summed E-state index contributed by atoms with van der Waals surface area (Å²) >= 11 is 0. The third-order valence-corrected chi connectivity index (χ3v) is 6.35. The molecule has 1 aliphatic heterocycles. The minimum Gasteiger partial charge on any atom is -0.497 e. The molecule has 6 heteroatoms. The van der Waals surface area contributed by atoms with Crippen LogP contribution in [0.25, 0.3) is 0 Å². The van der Waals surface area contributed by atoms with Crippen LogP contribution in [0.1, 0.15) is 49.3 Å². The molecule has 0 aliphatic carbocycles. The van der Waals surface area contributed by atoms with Gasteiger partial charge in [0.25, 0.3) is 5.91 Å². The Hall–Kier alpha value is -3.80. The van der Waals surface area contributed by atoms with Gasteiger partial charge in [-0.05, 0) is 54.3 Å². The van der Waals surface area contributed by atoms with Crippen LogP contribution in [0, 0.1) is 0 Å². The lowest BCUT2D eigenvalue weighted by molar-refractivity contribution is -0.139. The smallest absolute Gasteiger partial charge is 0.264 e. The van der Waals surface area contributed by atoms with Crippen LogP contribution in [0.15, 0.2) is 72.8 Å². The molecule has 0 saturated carbocycles. The van der Waals surface area contributed by atoms with Crippen molar-refractivity contribution in [3.63, 3.8) is 0 Å². The van der Waals surface area contributed by atoms with Gasteiger partial charge in [-0.25, -0.2) is 0 Å². The third-order valence-electron chi connectivity index (χ3n) is 6.35. The standard InChI is InChI=1S/C29H32N2O4/c1-4-25(21-11-7-6-8-12-21)28(32)30-23-14-15-27-22(17-23)19-31(29(33)26(5-2)35-27)18-20-10-9-13-24(16-20)34-3/h6-17,25-26H,4-5,18-19H2,1-3H3,(H,30,32)/t25-,26-/m0/s1. The molecule has 0 spiro atoms. The van der Waals surface area contributed by atoms with Gasteiger partial charge in [0.05, 0.1) is 13.0 Å². The lowest BCUT2D eigenvalue weighted by Gasteiger charge is -2.23. The van der Waals surface area contributed by atoms with Crippen molar-refractivity contribution in [3.8, 4) is 11.5 Å². The zero-order valence-electron chi connectivity index (χ0n) is 20.5. The van der Waals surface area contributed by atoms with E-state index < -0.39 is 6.10 Å².